The van der Waals surface area contributed by atoms with Gasteiger partial charge in [-0.3, -0.25) is 15.0 Å². The number of Topliss-reactive ketones (excluding diaryl/α,β-unsaturated/α-hetero) is 1. The Labute approximate surface area is 145 Å². The molecule has 1 aliphatic rings. The molecule has 24 heavy (non-hydrogen) atoms. The minimum atomic E-state index is -0.299. The van der Waals surface area contributed by atoms with Gasteiger partial charge in [-0.2, -0.15) is 0 Å². The minimum absolute atomic E-state index is 0.149. The summed E-state index contributed by atoms with van der Waals surface area (Å²) < 4.78 is 0. The summed E-state index contributed by atoms with van der Waals surface area (Å²) in [6.45, 7) is 0. The molecule has 2 aromatic rings. The zero-order chi connectivity index (χ0) is 17.1. The Bertz CT molecular complexity index is 817. The molecular formula is C18H19N3O2S. The van der Waals surface area contributed by atoms with Crippen molar-refractivity contribution in [3.8, 4) is 0 Å². The number of nitrogens with one attached hydrogen (secondary N) is 3. The Morgan fingerprint density at radius 3 is 2.46 bits per heavy atom. The maximum atomic E-state index is 12.3. The lowest BCUT2D eigenvalue weighted by Gasteiger charge is -2.24. The van der Waals surface area contributed by atoms with Crippen LogP contribution in [0, 0.1) is 5.41 Å². The molecule has 3 N–H and O–H groups in total. The van der Waals surface area contributed by atoms with E-state index < -0.39 is 0 Å². The molecule has 1 fully saturated rings. The maximum absolute atomic E-state index is 12.3. The number of carbonyl (C=O) groups excluding carboxylic acids is 1. The van der Waals surface area contributed by atoms with Crippen LogP contribution in [0.25, 0.3) is 0 Å². The number of anilines is 1. The number of rotatable bonds is 4. The van der Waals surface area contributed by atoms with Gasteiger partial charge in [0.25, 0.3) is 5.56 Å². The van der Waals surface area contributed by atoms with Gasteiger partial charge in [0, 0.05) is 35.5 Å². The lowest BCUT2D eigenvalue weighted by atomic mass is 9.93. The third-order valence-electron chi connectivity index (χ3n) is 4.27. The number of hydrogen-bond donors (Lipinski definition) is 4. The van der Waals surface area contributed by atoms with Crippen molar-refractivity contribution in [1.29, 1.82) is 5.41 Å². The number of pyridine rings is 1. The number of hydrogen-bond acceptors (Lipinski definition) is 5. The van der Waals surface area contributed by atoms with Gasteiger partial charge >= 0.3 is 0 Å². The normalized spacial score (nSPS) is 15.3. The number of thiol groups is 1. The van der Waals surface area contributed by atoms with E-state index in [1.54, 1.807) is 36.5 Å². The standard InChI is InChI=1S/C18H19N3O2S/c19-17(11-1-7-14(24)8-2-11)16-15(9-10-20-18(16)23)21-12-3-5-13(22)6-4-12/h1-2,7-10,12,19,24H,3-6H2,(H2,20,21,23). The maximum Gasteiger partial charge on any atom is 0.259 e. The lowest BCUT2D eigenvalue weighted by molar-refractivity contribution is -0.120. The van der Waals surface area contributed by atoms with Crippen LogP contribution in [-0.2, 0) is 4.79 Å². The Hall–Kier alpha value is -2.34. The van der Waals surface area contributed by atoms with E-state index in [2.05, 4.69) is 22.9 Å². The van der Waals surface area contributed by atoms with Crippen molar-refractivity contribution in [3.05, 3.63) is 58.0 Å². The van der Waals surface area contributed by atoms with Crippen LogP contribution < -0.4 is 10.9 Å². The highest BCUT2D eigenvalue weighted by atomic mass is 32.1. The summed E-state index contributed by atoms with van der Waals surface area (Å²) in [6, 6.07) is 9.07. The quantitative estimate of drug-likeness (QED) is 0.509. The summed E-state index contributed by atoms with van der Waals surface area (Å²) in [5, 5.41) is 11.8. The van der Waals surface area contributed by atoms with Gasteiger partial charge in [-0.1, -0.05) is 12.1 Å². The van der Waals surface area contributed by atoms with Crippen molar-refractivity contribution in [2.75, 3.05) is 5.32 Å². The van der Waals surface area contributed by atoms with E-state index >= 15 is 0 Å². The molecule has 124 valence electrons. The summed E-state index contributed by atoms with van der Waals surface area (Å²) in [7, 11) is 0. The number of H-pyrrole nitrogens is 1. The first-order valence-corrected chi connectivity index (χ1v) is 8.37. The highest BCUT2D eigenvalue weighted by Crippen LogP contribution is 2.22. The fraction of sp³-hybridized carbons (Fsp3) is 0.278. The van der Waals surface area contributed by atoms with E-state index in [1.165, 1.54) is 0 Å². The average molecular weight is 341 g/mol. The summed E-state index contributed by atoms with van der Waals surface area (Å²) >= 11 is 4.24. The van der Waals surface area contributed by atoms with Gasteiger partial charge in [-0.15, -0.1) is 12.6 Å². The van der Waals surface area contributed by atoms with Crippen molar-refractivity contribution < 1.29 is 4.79 Å². The molecule has 0 radical (unpaired) electrons. The van der Waals surface area contributed by atoms with Crippen molar-refractivity contribution in [2.24, 2.45) is 0 Å². The monoisotopic (exact) mass is 341 g/mol. The Balaban J connectivity index is 1.90. The molecule has 0 unspecified atom stereocenters. The van der Waals surface area contributed by atoms with Gasteiger partial charge in [-0.25, -0.2) is 0 Å². The van der Waals surface area contributed by atoms with Crippen LogP contribution in [0.1, 0.15) is 36.8 Å². The summed E-state index contributed by atoms with van der Waals surface area (Å²) in [5.41, 5.74) is 1.48. The topological polar surface area (TPSA) is 85.8 Å². The van der Waals surface area contributed by atoms with Crippen LogP contribution in [0.3, 0.4) is 0 Å². The molecule has 0 atom stereocenters. The van der Waals surface area contributed by atoms with E-state index in [1.807, 2.05) is 0 Å². The van der Waals surface area contributed by atoms with Gasteiger partial charge in [0.05, 0.1) is 17.0 Å². The summed E-state index contributed by atoms with van der Waals surface area (Å²) in [4.78, 5) is 27.1. The smallest absolute Gasteiger partial charge is 0.259 e. The van der Waals surface area contributed by atoms with E-state index in [0.717, 1.165) is 17.7 Å². The van der Waals surface area contributed by atoms with E-state index in [-0.39, 0.29) is 17.3 Å². The van der Waals surface area contributed by atoms with E-state index in [0.29, 0.717) is 35.4 Å². The van der Waals surface area contributed by atoms with Crippen LogP contribution in [-0.4, -0.2) is 22.5 Å². The molecule has 0 saturated heterocycles. The zero-order valence-corrected chi connectivity index (χ0v) is 14.0. The van der Waals surface area contributed by atoms with Gasteiger partial charge in [0.2, 0.25) is 0 Å². The fourth-order valence-corrected chi connectivity index (χ4v) is 3.07. The second-order valence-electron chi connectivity index (χ2n) is 5.97. The predicted octanol–water partition coefficient (Wildman–Crippen LogP) is 3.00. The van der Waals surface area contributed by atoms with Crippen LogP contribution in [0.5, 0.6) is 0 Å². The Morgan fingerprint density at radius 1 is 1.12 bits per heavy atom. The van der Waals surface area contributed by atoms with E-state index in [9.17, 15) is 9.59 Å². The highest BCUT2D eigenvalue weighted by molar-refractivity contribution is 7.80. The van der Waals surface area contributed by atoms with Crippen molar-refractivity contribution in [3.63, 3.8) is 0 Å². The highest BCUT2D eigenvalue weighted by Gasteiger charge is 2.21. The number of carbonyl (C=O) groups is 1. The number of ketones is 1. The number of benzene rings is 1. The molecule has 3 rings (SSSR count). The molecule has 6 heteroatoms. The van der Waals surface area contributed by atoms with E-state index in [4.69, 9.17) is 5.41 Å². The summed E-state index contributed by atoms with van der Waals surface area (Å²) in [5.74, 6) is 0.291. The summed E-state index contributed by atoms with van der Waals surface area (Å²) in [6.07, 6.45) is 4.22. The Morgan fingerprint density at radius 2 is 1.79 bits per heavy atom. The molecule has 0 aliphatic heterocycles. The second-order valence-corrected chi connectivity index (χ2v) is 6.49. The van der Waals surface area contributed by atoms with Gasteiger partial charge in [0.15, 0.2) is 0 Å². The van der Waals surface area contributed by atoms with Gasteiger partial charge < -0.3 is 10.3 Å². The first kappa shape index (κ1) is 16.5. The first-order chi connectivity index (χ1) is 11.5. The van der Waals surface area contributed by atoms with Gasteiger partial charge in [-0.05, 0) is 31.0 Å². The zero-order valence-electron chi connectivity index (χ0n) is 13.1. The van der Waals surface area contributed by atoms with Crippen LogP contribution in [0.2, 0.25) is 0 Å². The number of aromatic nitrogens is 1. The average Bonchev–Trinajstić information content (AvgIpc) is 2.57. The van der Waals surface area contributed by atoms with Crippen molar-refractivity contribution in [2.45, 2.75) is 36.6 Å². The first-order valence-electron chi connectivity index (χ1n) is 7.93. The van der Waals surface area contributed by atoms with Gasteiger partial charge in [0.1, 0.15) is 5.78 Å². The molecule has 1 aromatic carbocycles. The van der Waals surface area contributed by atoms with Crippen molar-refractivity contribution in [1.82, 2.24) is 4.98 Å². The molecule has 0 amide bonds. The second kappa shape index (κ2) is 7.05. The fourth-order valence-electron chi connectivity index (χ4n) is 2.92. The van der Waals surface area contributed by atoms with Crippen LogP contribution in [0.4, 0.5) is 5.69 Å². The molecule has 1 aromatic heterocycles. The largest absolute Gasteiger partial charge is 0.382 e. The third-order valence-corrected chi connectivity index (χ3v) is 4.57. The molecular weight excluding hydrogens is 322 g/mol. The third kappa shape index (κ3) is 3.59. The Kier molecular flexibility index (Phi) is 4.85. The van der Waals surface area contributed by atoms with Crippen LogP contribution in [0.15, 0.2) is 46.2 Å². The molecule has 1 aliphatic carbocycles. The molecule has 0 spiro atoms. The predicted molar refractivity (Wildman–Crippen MR) is 97.6 cm³/mol. The van der Waals surface area contributed by atoms with Crippen LogP contribution >= 0.6 is 12.6 Å². The molecule has 1 heterocycles. The molecule has 1 saturated carbocycles. The number of aromatic amines is 1. The lowest BCUT2D eigenvalue weighted by Crippen LogP contribution is -2.29. The molecule has 0 bridgehead atoms. The minimum Gasteiger partial charge on any atom is -0.382 e. The molecule has 5 nitrogen and oxygen atoms in total. The SMILES string of the molecule is N=C(c1ccc(S)cc1)c1c(NC2CCC(=O)CC2)cc[nH]c1=O. The van der Waals surface area contributed by atoms with Crippen molar-refractivity contribution >= 4 is 29.8 Å².